The molecule has 1 aliphatic rings. The summed E-state index contributed by atoms with van der Waals surface area (Å²) in [4.78, 5) is 7.74. The molecule has 1 unspecified atom stereocenters. The Kier molecular flexibility index (Phi) is 7.28. The second-order valence-electron chi connectivity index (χ2n) is 6.91. The Morgan fingerprint density at radius 2 is 1.96 bits per heavy atom. The van der Waals surface area contributed by atoms with Crippen LogP contribution in [0, 0.1) is 0 Å². The Hall–Kier alpha value is -1.80. The molecule has 0 spiro atoms. The third-order valence-corrected chi connectivity index (χ3v) is 4.29. The second kappa shape index (κ2) is 9.23. The van der Waals surface area contributed by atoms with Crippen LogP contribution in [-0.4, -0.2) is 68.8 Å². The highest BCUT2D eigenvalue weighted by atomic mass is 19.4. The molecule has 0 aromatic heterocycles. The molecule has 2 rings (SSSR count). The van der Waals surface area contributed by atoms with Gasteiger partial charge in [-0.25, -0.2) is 0 Å². The molecule has 8 heteroatoms. The van der Waals surface area contributed by atoms with E-state index < -0.39 is 12.7 Å². The van der Waals surface area contributed by atoms with E-state index in [1.54, 1.807) is 7.05 Å². The van der Waals surface area contributed by atoms with Gasteiger partial charge in [0.15, 0.2) is 5.96 Å². The SMILES string of the molecule is CN=C(NCc1ccccc1CN(C)C)NC1CCN(CC(F)(F)F)C1. The monoisotopic (exact) mass is 371 g/mol. The van der Waals surface area contributed by atoms with Crippen molar-refractivity contribution in [2.45, 2.75) is 31.7 Å². The van der Waals surface area contributed by atoms with Gasteiger partial charge in [0.25, 0.3) is 0 Å². The van der Waals surface area contributed by atoms with Gasteiger partial charge < -0.3 is 15.5 Å². The Labute approximate surface area is 153 Å². The van der Waals surface area contributed by atoms with Crippen molar-refractivity contribution in [1.29, 1.82) is 0 Å². The summed E-state index contributed by atoms with van der Waals surface area (Å²) in [6, 6.07) is 8.15. The molecule has 5 nitrogen and oxygen atoms in total. The minimum absolute atomic E-state index is 0.0273. The molecule has 1 atom stereocenters. The van der Waals surface area contributed by atoms with Gasteiger partial charge in [0.2, 0.25) is 0 Å². The highest BCUT2D eigenvalue weighted by molar-refractivity contribution is 5.80. The van der Waals surface area contributed by atoms with Crippen molar-refractivity contribution in [2.75, 3.05) is 40.8 Å². The molecule has 0 aliphatic carbocycles. The number of nitrogens with zero attached hydrogens (tertiary/aromatic N) is 3. The van der Waals surface area contributed by atoms with Gasteiger partial charge in [-0.1, -0.05) is 24.3 Å². The van der Waals surface area contributed by atoms with Crippen LogP contribution in [0.5, 0.6) is 0 Å². The van der Waals surface area contributed by atoms with Gasteiger partial charge in [0, 0.05) is 39.3 Å². The summed E-state index contributed by atoms with van der Waals surface area (Å²) < 4.78 is 37.5. The minimum atomic E-state index is -4.15. The molecule has 0 radical (unpaired) electrons. The van der Waals surface area contributed by atoms with Crippen LogP contribution >= 0.6 is 0 Å². The second-order valence-corrected chi connectivity index (χ2v) is 6.91. The molecule has 1 fully saturated rings. The summed E-state index contributed by atoms with van der Waals surface area (Å²) in [5.74, 6) is 0.614. The largest absolute Gasteiger partial charge is 0.401 e. The molecule has 2 N–H and O–H groups in total. The summed E-state index contributed by atoms with van der Waals surface area (Å²) in [7, 11) is 5.72. The molecule has 1 heterocycles. The minimum Gasteiger partial charge on any atom is -0.352 e. The predicted octanol–water partition coefficient (Wildman–Crippen LogP) is 2.05. The number of hydrogen-bond donors (Lipinski definition) is 2. The van der Waals surface area contributed by atoms with Crippen LogP contribution in [0.3, 0.4) is 0 Å². The van der Waals surface area contributed by atoms with Crippen molar-refractivity contribution in [1.82, 2.24) is 20.4 Å². The fourth-order valence-corrected chi connectivity index (χ4v) is 3.14. The summed E-state index contributed by atoms with van der Waals surface area (Å²) in [5, 5.41) is 6.50. The number of aliphatic imine (C=N–C) groups is 1. The quantitative estimate of drug-likeness (QED) is 0.593. The van der Waals surface area contributed by atoms with Gasteiger partial charge in [0.05, 0.1) is 6.54 Å². The average molecular weight is 371 g/mol. The molecule has 1 aromatic rings. The lowest BCUT2D eigenvalue weighted by Gasteiger charge is -2.20. The van der Waals surface area contributed by atoms with Crippen LogP contribution in [0.2, 0.25) is 0 Å². The van der Waals surface area contributed by atoms with Crippen molar-refractivity contribution in [3.8, 4) is 0 Å². The number of alkyl halides is 3. The number of likely N-dealkylation sites (tertiary alicyclic amines) is 1. The van der Waals surface area contributed by atoms with E-state index in [1.807, 2.05) is 26.2 Å². The van der Waals surface area contributed by atoms with Crippen molar-refractivity contribution in [2.24, 2.45) is 4.99 Å². The molecular formula is C18H28F3N5. The van der Waals surface area contributed by atoms with Crippen molar-refractivity contribution in [3.05, 3.63) is 35.4 Å². The maximum absolute atomic E-state index is 12.5. The van der Waals surface area contributed by atoms with Gasteiger partial charge in [-0.2, -0.15) is 13.2 Å². The number of benzene rings is 1. The topological polar surface area (TPSA) is 42.9 Å². The Morgan fingerprint density at radius 3 is 2.58 bits per heavy atom. The maximum atomic E-state index is 12.5. The first-order valence-electron chi connectivity index (χ1n) is 8.74. The number of rotatable bonds is 6. The van der Waals surface area contributed by atoms with E-state index in [2.05, 4.69) is 32.7 Å². The molecule has 1 aliphatic heterocycles. The van der Waals surface area contributed by atoms with Crippen molar-refractivity contribution in [3.63, 3.8) is 0 Å². The molecule has 1 saturated heterocycles. The van der Waals surface area contributed by atoms with Crippen molar-refractivity contribution < 1.29 is 13.2 Å². The van der Waals surface area contributed by atoms with Crippen LogP contribution in [-0.2, 0) is 13.1 Å². The van der Waals surface area contributed by atoms with Gasteiger partial charge in [-0.3, -0.25) is 9.89 Å². The van der Waals surface area contributed by atoms with Crippen LogP contribution in [0.4, 0.5) is 13.2 Å². The fraction of sp³-hybridized carbons (Fsp3) is 0.611. The Morgan fingerprint density at radius 1 is 1.27 bits per heavy atom. The summed E-state index contributed by atoms with van der Waals surface area (Å²) >= 11 is 0. The number of nitrogens with one attached hydrogen (secondary N) is 2. The third-order valence-electron chi connectivity index (χ3n) is 4.29. The van der Waals surface area contributed by atoms with E-state index in [0.717, 1.165) is 6.54 Å². The first-order chi connectivity index (χ1) is 12.3. The summed E-state index contributed by atoms with van der Waals surface area (Å²) in [6.07, 6.45) is -3.47. The highest BCUT2D eigenvalue weighted by Gasteiger charge is 2.34. The standard InChI is InChI=1S/C18H28F3N5/c1-22-17(24-16-8-9-26(12-16)13-18(19,20)21)23-10-14-6-4-5-7-15(14)11-25(2)3/h4-7,16H,8-13H2,1-3H3,(H2,22,23,24). The van der Waals surface area contributed by atoms with E-state index in [9.17, 15) is 13.2 Å². The fourth-order valence-electron chi connectivity index (χ4n) is 3.14. The molecule has 0 amide bonds. The van der Waals surface area contributed by atoms with Gasteiger partial charge in [0.1, 0.15) is 0 Å². The Bertz CT molecular complexity index is 601. The lowest BCUT2D eigenvalue weighted by molar-refractivity contribution is -0.143. The van der Waals surface area contributed by atoms with Crippen LogP contribution in [0.15, 0.2) is 29.3 Å². The molecular weight excluding hydrogens is 343 g/mol. The van der Waals surface area contributed by atoms with E-state index in [1.165, 1.54) is 16.0 Å². The highest BCUT2D eigenvalue weighted by Crippen LogP contribution is 2.20. The third kappa shape index (κ3) is 6.84. The van der Waals surface area contributed by atoms with Gasteiger partial charge >= 0.3 is 6.18 Å². The van der Waals surface area contributed by atoms with E-state index in [4.69, 9.17) is 0 Å². The zero-order chi connectivity index (χ0) is 19.2. The zero-order valence-corrected chi connectivity index (χ0v) is 15.6. The zero-order valence-electron chi connectivity index (χ0n) is 15.6. The smallest absolute Gasteiger partial charge is 0.352 e. The maximum Gasteiger partial charge on any atom is 0.401 e. The van der Waals surface area contributed by atoms with Gasteiger partial charge in [-0.15, -0.1) is 0 Å². The Balaban J connectivity index is 1.86. The number of halogens is 3. The van der Waals surface area contributed by atoms with Crippen LogP contribution in [0.25, 0.3) is 0 Å². The molecule has 1 aromatic carbocycles. The van der Waals surface area contributed by atoms with Gasteiger partial charge in [-0.05, 0) is 31.6 Å². The van der Waals surface area contributed by atoms with Crippen LogP contribution < -0.4 is 10.6 Å². The average Bonchev–Trinajstić information content (AvgIpc) is 2.97. The molecule has 0 saturated carbocycles. The van der Waals surface area contributed by atoms with E-state index >= 15 is 0 Å². The summed E-state index contributed by atoms with van der Waals surface area (Å²) in [6.45, 7) is 1.42. The summed E-state index contributed by atoms with van der Waals surface area (Å²) in [5.41, 5.74) is 2.41. The lowest BCUT2D eigenvalue weighted by atomic mass is 10.1. The molecule has 0 bridgehead atoms. The van der Waals surface area contributed by atoms with E-state index in [0.29, 0.717) is 32.0 Å². The first-order valence-corrected chi connectivity index (χ1v) is 8.74. The number of hydrogen-bond acceptors (Lipinski definition) is 3. The predicted molar refractivity (Wildman–Crippen MR) is 98.1 cm³/mol. The molecule has 146 valence electrons. The van der Waals surface area contributed by atoms with E-state index in [-0.39, 0.29) is 6.04 Å². The molecule has 26 heavy (non-hydrogen) atoms. The normalized spacial score (nSPS) is 19.2. The number of guanidine groups is 1. The van der Waals surface area contributed by atoms with Crippen molar-refractivity contribution >= 4 is 5.96 Å². The first kappa shape index (κ1) is 20.5. The van der Waals surface area contributed by atoms with Crippen LogP contribution in [0.1, 0.15) is 17.5 Å². The lowest BCUT2D eigenvalue weighted by Crippen LogP contribution is -2.45.